The van der Waals surface area contributed by atoms with E-state index in [0.717, 1.165) is 51.1 Å². The Morgan fingerprint density at radius 2 is 1.01 bits per heavy atom. The number of alkyl halides is 8. The van der Waals surface area contributed by atoms with Crippen LogP contribution in [0.2, 0.25) is 0 Å². The highest BCUT2D eigenvalue weighted by Gasteiger charge is 2.61. The molecular weight excluding hydrogens is 933 g/mol. The van der Waals surface area contributed by atoms with Crippen LogP contribution in [-0.2, 0) is 14.4 Å². The first-order chi connectivity index (χ1) is 34.1. The van der Waals surface area contributed by atoms with Crippen molar-refractivity contribution in [1.29, 1.82) is 0 Å². The highest BCUT2D eigenvalue weighted by atomic mass is 19.3. The van der Waals surface area contributed by atoms with Crippen LogP contribution in [0.25, 0.3) is 33.8 Å². The van der Waals surface area contributed by atoms with Crippen molar-refractivity contribution in [3.05, 3.63) is 145 Å². The van der Waals surface area contributed by atoms with Gasteiger partial charge in [-0.1, -0.05) is 69.3 Å². The maximum absolute atomic E-state index is 12.8. The first kappa shape index (κ1) is 58.3. The van der Waals surface area contributed by atoms with Gasteiger partial charge in [-0.2, -0.15) is 0 Å². The quantitative estimate of drug-likeness (QED) is 0.0927. The number of halogens is 8. The zero-order valence-corrected chi connectivity index (χ0v) is 40.2. The molecule has 3 heterocycles. The summed E-state index contributed by atoms with van der Waals surface area (Å²) >= 11 is 0. The van der Waals surface area contributed by atoms with E-state index in [4.69, 9.17) is 0 Å². The molecule has 0 saturated heterocycles. The minimum absolute atomic E-state index is 0.118. The van der Waals surface area contributed by atoms with Gasteiger partial charge in [0.1, 0.15) is 5.92 Å². The van der Waals surface area contributed by atoms with Crippen LogP contribution in [0.4, 0.5) is 52.2 Å². The predicted octanol–water partition coefficient (Wildman–Crippen LogP) is 14.5. The van der Waals surface area contributed by atoms with E-state index in [-0.39, 0.29) is 38.8 Å². The third-order valence-corrected chi connectivity index (χ3v) is 10.3. The van der Waals surface area contributed by atoms with Crippen molar-refractivity contribution >= 4 is 35.8 Å². The number of hydrogen-bond acceptors (Lipinski definition) is 6. The predicted molar refractivity (Wildman–Crippen MR) is 265 cm³/mol. The van der Waals surface area contributed by atoms with Crippen LogP contribution in [0.15, 0.2) is 140 Å². The molecule has 0 aliphatic heterocycles. The second-order valence-electron chi connectivity index (χ2n) is 15.9. The van der Waals surface area contributed by atoms with Gasteiger partial charge in [-0.15, -0.1) is 0 Å². The highest BCUT2D eigenvalue weighted by molar-refractivity contribution is 5.95. The van der Waals surface area contributed by atoms with Gasteiger partial charge in [0, 0.05) is 84.4 Å². The topological polar surface area (TPSA) is 126 Å². The van der Waals surface area contributed by atoms with Gasteiger partial charge in [0.15, 0.2) is 0 Å². The maximum atomic E-state index is 12.8. The Balaban J connectivity index is 0.000000243. The average Bonchev–Trinajstić information content (AvgIpc) is 4.33. The minimum Gasteiger partial charge on any atom is -0.329 e. The molecule has 3 amide bonds. The number of rotatable bonds is 10. The molecule has 0 radical (unpaired) electrons. The van der Waals surface area contributed by atoms with Gasteiger partial charge in [0.05, 0.1) is 30.9 Å². The molecule has 3 N–H and O–H groups in total. The van der Waals surface area contributed by atoms with E-state index in [9.17, 15) is 49.5 Å². The number of nitrogens with one attached hydrogen (secondary N) is 3. The normalized spacial score (nSPS) is 17.7. The molecule has 4 fully saturated rings. The molecule has 380 valence electrons. The number of nitrogens with zero attached hydrogens (tertiary/aromatic N) is 3. The Morgan fingerprint density at radius 1 is 0.620 bits per heavy atom. The molecule has 3 aromatic carbocycles. The fraction of sp³-hybridized carbons (Fsp3) is 0.333. The lowest BCUT2D eigenvalue weighted by atomic mass is 9.98. The fourth-order valence-electron chi connectivity index (χ4n) is 6.11. The number of benzene rings is 3. The summed E-state index contributed by atoms with van der Waals surface area (Å²) in [4.78, 5) is 45.4. The number of anilines is 3. The molecule has 3 atom stereocenters. The molecule has 17 heteroatoms. The Bertz CT molecular complexity index is 2480. The summed E-state index contributed by atoms with van der Waals surface area (Å²) in [6, 6.07) is 37.8. The SMILES string of the molecule is CC.CC1C[C@H]1c1ccc(NC=O)cc1-c1ccccn1.CCF.CF.FC1(F)CC1.FC1(F)CC1.O=C(Nc1cccc(-c2ccccn2)c1)C1CC1(F)F.O=CNc1cccc(-c2ccccn2)c1. The molecule has 0 spiro atoms. The Kier molecular flexibility index (Phi) is 24.0. The first-order valence-electron chi connectivity index (χ1n) is 23.0. The van der Waals surface area contributed by atoms with Crippen LogP contribution in [-0.4, -0.2) is 65.3 Å². The van der Waals surface area contributed by atoms with Crippen molar-refractivity contribution in [1.82, 2.24) is 15.0 Å². The monoisotopic (exact) mass is 992 g/mol. The summed E-state index contributed by atoms with van der Waals surface area (Å²) in [7, 11) is 0.500. The molecule has 0 bridgehead atoms. The van der Waals surface area contributed by atoms with Gasteiger partial charge in [0.25, 0.3) is 5.92 Å². The van der Waals surface area contributed by atoms with E-state index in [2.05, 4.69) is 43.9 Å². The third-order valence-electron chi connectivity index (χ3n) is 10.3. The van der Waals surface area contributed by atoms with Crippen molar-refractivity contribution in [3.63, 3.8) is 0 Å². The molecule has 2 unspecified atom stereocenters. The maximum Gasteiger partial charge on any atom is 0.260 e. The smallest absolute Gasteiger partial charge is 0.260 e. The lowest BCUT2D eigenvalue weighted by Crippen LogP contribution is -2.17. The largest absolute Gasteiger partial charge is 0.329 e. The zero-order valence-electron chi connectivity index (χ0n) is 40.2. The van der Waals surface area contributed by atoms with Gasteiger partial charge in [-0.25, -0.2) is 26.3 Å². The average molecular weight is 993 g/mol. The van der Waals surface area contributed by atoms with E-state index in [0.29, 0.717) is 31.6 Å². The van der Waals surface area contributed by atoms with Crippen LogP contribution < -0.4 is 16.0 Å². The van der Waals surface area contributed by atoms with Gasteiger partial charge in [0.2, 0.25) is 30.6 Å². The third kappa shape index (κ3) is 21.2. The van der Waals surface area contributed by atoms with Gasteiger partial charge < -0.3 is 16.0 Å². The fourth-order valence-corrected chi connectivity index (χ4v) is 6.11. The van der Waals surface area contributed by atoms with Crippen molar-refractivity contribution in [3.8, 4) is 33.8 Å². The number of carbonyl (C=O) groups is 3. The minimum atomic E-state index is -2.84. The van der Waals surface area contributed by atoms with Crippen molar-refractivity contribution in [2.24, 2.45) is 11.8 Å². The Hall–Kier alpha value is -7.04. The summed E-state index contributed by atoms with van der Waals surface area (Å²) in [5.74, 6) is -7.80. The lowest BCUT2D eigenvalue weighted by Gasteiger charge is -2.11. The van der Waals surface area contributed by atoms with E-state index in [1.54, 1.807) is 36.8 Å². The summed E-state index contributed by atoms with van der Waals surface area (Å²) in [6.45, 7) is 7.48. The molecular formula is C54H60F8N6O3. The second kappa shape index (κ2) is 29.2. The van der Waals surface area contributed by atoms with Crippen LogP contribution in [0.5, 0.6) is 0 Å². The van der Waals surface area contributed by atoms with Crippen molar-refractivity contribution in [2.45, 2.75) is 89.9 Å². The van der Waals surface area contributed by atoms with Crippen LogP contribution >= 0.6 is 0 Å². The van der Waals surface area contributed by atoms with Gasteiger partial charge in [-0.3, -0.25) is 38.1 Å². The Morgan fingerprint density at radius 3 is 1.38 bits per heavy atom. The van der Waals surface area contributed by atoms with Crippen LogP contribution in [0.3, 0.4) is 0 Å². The zero-order chi connectivity index (χ0) is 52.5. The van der Waals surface area contributed by atoms with E-state index >= 15 is 0 Å². The van der Waals surface area contributed by atoms with Gasteiger partial charge >= 0.3 is 0 Å². The standard InChI is InChI=1S/C16H16N2O.C15H12F2N2O.C12H10N2O.2C3H4F2.C2H5F.C2H6.CH3F/c1-11-8-14(11)13-6-5-12(18-10-19)9-15(13)16-4-2-3-7-17-16;16-15(17)9-12(15)14(20)19-11-5-3-4-10(8-11)13-6-1-2-7-18-13;15-9-14-11-5-3-4-10(8-11)12-6-1-2-7-13-12;2*4-3(5)1-2-3;1-2-3;2*1-2/h2-7,9-11,14H,8H2,1H3,(H,18,19);1-8,12H,9H2,(H,19,20);1-9H,(H,14,15);2*1-2H2;2H2,1H3;1-2H3;1H3/t11?,14-;;;;;;;/m1......./s1. The summed E-state index contributed by atoms with van der Waals surface area (Å²) < 4.78 is 90.0. The van der Waals surface area contributed by atoms with Crippen molar-refractivity contribution in [2.75, 3.05) is 29.8 Å². The summed E-state index contributed by atoms with van der Waals surface area (Å²) in [5.41, 5.74) is 8.98. The Labute approximate surface area is 410 Å². The molecule has 71 heavy (non-hydrogen) atoms. The molecule has 6 aromatic rings. The van der Waals surface area contributed by atoms with Crippen LogP contribution in [0, 0.1) is 11.8 Å². The summed E-state index contributed by atoms with van der Waals surface area (Å²) in [5, 5.41) is 7.84. The molecule has 4 saturated carbocycles. The first-order valence-corrected chi connectivity index (χ1v) is 23.0. The molecule has 10 rings (SSSR count). The van der Waals surface area contributed by atoms with E-state index < -0.39 is 29.6 Å². The van der Waals surface area contributed by atoms with E-state index in [1.165, 1.54) is 18.9 Å². The summed E-state index contributed by atoms with van der Waals surface area (Å²) in [6.07, 6.45) is 7.93. The number of amides is 3. The second-order valence-corrected chi connectivity index (χ2v) is 15.9. The number of aromatic nitrogens is 3. The number of pyridine rings is 3. The number of hydrogen-bond donors (Lipinski definition) is 3. The highest BCUT2D eigenvalue weighted by Crippen LogP contribution is 2.50. The number of carbonyl (C=O) groups excluding carboxylic acids is 3. The van der Waals surface area contributed by atoms with Crippen LogP contribution in [0.1, 0.15) is 77.7 Å². The van der Waals surface area contributed by atoms with E-state index in [1.807, 2.05) is 111 Å². The molecule has 9 nitrogen and oxygen atoms in total. The van der Waals surface area contributed by atoms with Crippen molar-refractivity contribution < 1.29 is 49.5 Å². The van der Waals surface area contributed by atoms with Gasteiger partial charge in [-0.05, 0) is 104 Å². The lowest BCUT2D eigenvalue weighted by molar-refractivity contribution is -0.119. The molecule has 4 aliphatic carbocycles. The molecule has 4 aliphatic rings. The molecule has 3 aromatic heterocycles.